The number of aliphatic hydroxyl groups excluding tert-OH is 2. The molecule has 0 spiro atoms. The van der Waals surface area contributed by atoms with Crippen LogP contribution in [0.5, 0.6) is 0 Å². The molecule has 2 bridgehead atoms. The van der Waals surface area contributed by atoms with Gasteiger partial charge in [0.1, 0.15) is 0 Å². The van der Waals surface area contributed by atoms with Crippen LogP contribution in [0.25, 0.3) is 0 Å². The van der Waals surface area contributed by atoms with E-state index in [1.807, 2.05) is 0 Å². The van der Waals surface area contributed by atoms with Gasteiger partial charge in [-0.15, -0.1) is 0 Å². The average molecular weight is 182 g/mol. The Hall–Kier alpha value is -0.0800. The molecule has 0 aliphatic heterocycles. The molecule has 3 rings (SSSR count). The Morgan fingerprint density at radius 1 is 1.08 bits per heavy atom. The first kappa shape index (κ1) is 8.25. The van der Waals surface area contributed by atoms with Crippen LogP contribution in [-0.4, -0.2) is 22.9 Å². The van der Waals surface area contributed by atoms with Gasteiger partial charge in [0.2, 0.25) is 0 Å². The lowest BCUT2D eigenvalue weighted by Gasteiger charge is -2.30. The van der Waals surface area contributed by atoms with Crippen molar-refractivity contribution in [1.82, 2.24) is 0 Å². The predicted molar refractivity (Wildman–Crippen MR) is 49.0 cm³/mol. The molecule has 3 saturated carbocycles. The van der Waals surface area contributed by atoms with Gasteiger partial charge in [0.25, 0.3) is 0 Å². The van der Waals surface area contributed by atoms with Crippen LogP contribution < -0.4 is 0 Å². The molecule has 0 aromatic heterocycles. The van der Waals surface area contributed by atoms with Crippen LogP contribution in [0.3, 0.4) is 0 Å². The minimum Gasteiger partial charge on any atom is -0.396 e. The van der Waals surface area contributed by atoms with Crippen LogP contribution in [-0.2, 0) is 0 Å². The number of hydrogen-bond acceptors (Lipinski definition) is 2. The fourth-order valence-electron chi connectivity index (χ4n) is 4.45. The van der Waals surface area contributed by atoms with Gasteiger partial charge in [-0.2, -0.15) is 0 Å². The Labute approximate surface area is 79.0 Å². The fourth-order valence-corrected chi connectivity index (χ4v) is 4.45. The second-order valence-corrected chi connectivity index (χ2v) is 5.22. The molecule has 3 fully saturated rings. The molecular weight excluding hydrogens is 164 g/mol. The van der Waals surface area contributed by atoms with E-state index in [-0.39, 0.29) is 6.10 Å². The van der Waals surface area contributed by atoms with Crippen LogP contribution in [0.1, 0.15) is 25.7 Å². The summed E-state index contributed by atoms with van der Waals surface area (Å²) in [5.74, 6) is 3.41. The SMILES string of the molecule is OCC1CCC2C3CC(CC3O)C12. The van der Waals surface area contributed by atoms with Crippen molar-refractivity contribution in [2.75, 3.05) is 6.61 Å². The molecule has 2 heteroatoms. The minimum atomic E-state index is -0.0105. The van der Waals surface area contributed by atoms with E-state index >= 15 is 0 Å². The molecule has 2 N–H and O–H groups in total. The van der Waals surface area contributed by atoms with Gasteiger partial charge < -0.3 is 10.2 Å². The molecule has 0 saturated heterocycles. The van der Waals surface area contributed by atoms with Gasteiger partial charge in [-0.1, -0.05) is 0 Å². The average Bonchev–Trinajstić information content (AvgIpc) is 2.71. The molecule has 0 amide bonds. The first-order valence-electron chi connectivity index (χ1n) is 5.60. The van der Waals surface area contributed by atoms with E-state index < -0.39 is 0 Å². The number of hydrogen-bond donors (Lipinski definition) is 2. The largest absolute Gasteiger partial charge is 0.396 e. The lowest BCUT2D eigenvalue weighted by atomic mass is 9.77. The van der Waals surface area contributed by atoms with Crippen molar-refractivity contribution in [1.29, 1.82) is 0 Å². The van der Waals surface area contributed by atoms with E-state index in [2.05, 4.69) is 0 Å². The summed E-state index contributed by atoms with van der Waals surface area (Å²) in [6.45, 7) is 0.375. The summed E-state index contributed by atoms with van der Waals surface area (Å²) >= 11 is 0. The van der Waals surface area contributed by atoms with Crippen LogP contribution in [0.15, 0.2) is 0 Å². The van der Waals surface area contributed by atoms with E-state index in [9.17, 15) is 10.2 Å². The molecule has 0 radical (unpaired) electrons. The third kappa shape index (κ3) is 0.962. The number of fused-ring (bicyclic) bond motifs is 5. The molecule has 0 aromatic carbocycles. The molecule has 74 valence electrons. The first-order valence-corrected chi connectivity index (χ1v) is 5.60. The van der Waals surface area contributed by atoms with Crippen molar-refractivity contribution in [3.8, 4) is 0 Å². The molecule has 2 nitrogen and oxygen atoms in total. The third-order valence-corrected chi connectivity index (χ3v) is 4.85. The van der Waals surface area contributed by atoms with Crippen molar-refractivity contribution in [3.63, 3.8) is 0 Å². The highest BCUT2D eigenvalue weighted by Gasteiger charge is 2.56. The van der Waals surface area contributed by atoms with E-state index in [1.165, 1.54) is 19.3 Å². The summed E-state index contributed by atoms with van der Waals surface area (Å²) < 4.78 is 0. The number of aliphatic hydroxyl groups is 2. The Kier molecular flexibility index (Phi) is 1.72. The maximum atomic E-state index is 9.76. The molecule has 6 atom stereocenters. The summed E-state index contributed by atoms with van der Waals surface area (Å²) in [6.07, 6.45) is 4.71. The van der Waals surface area contributed by atoms with Gasteiger partial charge in [0.05, 0.1) is 6.10 Å². The van der Waals surface area contributed by atoms with Gasteiger partial charge >= 0.3 is 0 Å². The van der Waals surface area contributed by atoms with Crippen molar-refractivity contribution in [3.05, 3.63) is 0 Å². The van der Waals surface area contributed by atoms with Crippen LogP contribution in [0.4, 0.5) is 0 Å². The molecule has 6 unspecified atom stereocenters. The molecule has 0 aromatic rings. The first-order chi connectivity index (χ1) is 6.31. The lowest BCUT2D eigenvalue weighted by molar-refractivity contribution is 0.0475. The molecule has 3 aliphatic rings. The van der Waals surface area contributed by atoms with Gasteiger partial charge in [0, 0.05) is 6.61 Å². The zero-order valence-corrected chi connectivity index (χ0v) is 7.89. The topological polar surface area (TPSA) is 40.5 Å². The Morgan fingerprint density at radius 2 is 1.92 bits per heavy atom. The highest BCUT2D eigenvalue weighted by Crippen LogP contribution is 2.60. The third-order valence-electron chi connectivity index (χ3n) is 4.85. The Bertz CT molecular complexity index is 216. The normalized spacial score (nSPS) is 58.6. The zero-order valence-electron chi connectivity index (χ0n) is 7.89. The summed E-state index contributed by atoms with van der Waals surface area (Å²) in [5, 5.41) is 19.0. The smallest absolute Gasteiger partial charge is 0.0574 e. The minimum absolute atomic E-state index is 0.0105. The van der Waals surface area contributed by atoms with Gasteiger partial charge in [-0.05, 0) is 55.3 Å². The molecule has 3 aliphatic carbocycles. The summed E-state index contributed by atoms with van der Waals surface area (Å²) in [5.41, 5.74) is 0. The highest BCUT2D eigenvalue weighted by atomic mass is 16.3. The second kappa shape index (κ2) is 2.71. The molecular formula is C11H18O2. The quantitative estimate of drug-likeness (QED) is 0.635. The molecule has 13 heavy (non-hydrogen) atoms. The van der Waals surface area contributed by atoms with E-state index in [0.717, 1.165) is 24.2 Å². The maximum absolute atomic E-state index is 9.76. The van der Waals surface area contributed by atoms with Crippen LogP contribution in [0.2, 0.25) is 0 Å². The second-order valence-electron chi connectivity index (χ2n) is 5.22. The predicted octanol–water partition coefficient (Wildman–Crippen LogP) is 1.02. The number of rotatable bonds is 1. The Balaban J connectivity index is 1.84. The van der Waals surface area contributed by atoms with Gasteiger partial charge in [0.15, 0.2) is 0 Å². The van der Waals surface area contributed by atoms with E-state index in [1.54, 1.807) is 0 Å². The van der Waals surface area contributed by atoms with Crippen molar-refractivity contribution in [2.45, 2.75) is 31.8 Å². The van der Waals surface area contributed by atoms with E-state index in [0.29, 0.717) is 18.4 Å². The standard InChI is InChI=1S/C11H18O2/c12-5-6-1-2-8-9-3-7(11(6)8)4-10(9)13/h6-13H,1-5H2. The van der Waals surface area contributed by atoms with Gasteiger partial charge in [-0.3, -0.25) is 0 Å². The van der Waals surface area contributed by atoms with Crippen molar-refractivity contribution in [2.24, 2.45) is 29.6 Å². The lowest BCUT2D eigenvalue weighted by Crippen LogP contribution is -2.31. The van der Waals surface area contributed by atoms with Gasteiger partial charge in [-0.25, -0.2) is 0 Å². The fraction of sp³-hybridized carbons (Fsp3) is 1.00. The van der Waals surface area contributed by atoms with Crippen molar-refractivity contribution < 1.29 is 10.2 Å². The van der Waals surface area contributed by atoms with E-state index in [4.69, 9.17) is 0 Å². The molecule has 0 heterocycles. The van der Waals surface area contributed by atoms with Crippen LogP contribution in [0, 0.1) is 29.6 Å². The van der Waals surface area contributed by atoms with Crippen molar-refractivity contribution >= 4 is 0 Å². The monoisotopic (exact) mass is 182 g/mol. The summed E-state index contributed by atoms with van der Waals surface area (Å²) in [7, 11) is 0. The zero-order chi connectivity index (χ0) is 9.00. The summed E-state index contributed by atoms with van der Waals surface area (Å²) in [6, 6.07) is 0. The summed E-state index contributed by atoms with van der Waals surface area (Å²) in [4.78, 5) is 0. The van der Waals surface area contributed by atoms with Crippen LogP contribution >= 0.6 is 0 Å². The highest BCUT2D eigenvalue weighted by molar-refractivity contribution is 5.05. The Morgan fingerprint density at radius 3 is 2.69 bits per heavy atom. The maximum Gasteiger partial charge on any atom is 0.0574 e.